The number of rotatable bonds is 15. The predicted octanol–water partition coefficient (Wildman–Crippen LogP) is 3.86. The minimum Gasteiger partial charge on any atom is -0.445 e. The highest BCUT2D eigenvalue weighted by molar-refractivity contribution is 5.92. The molecule has 0 aliphatic carbocycles. The SMILES string of the molecule is CC[C@H](C)[C@H](NC(=O)[C@@H]1CCCN1CC(=O)[C@H](Cc1ccccc1)NC(=O)OCc1ccccc1)C(=O)NCC(C)C. The molecule has 3 rings (SSSR count). The third-order valence-corrected chi connectivity index (χ3v) is 7.68. The highest BCUT2D eigenvalue weighted by Gasteiger charge is 2.36. The molecular weight excluding hydrogens is 532 g/mol. The fourth-order valence-electron chi connectivity index (χ4n) is 4.99. The first-order valence-corrected chi connectivity index (χ1v) is 15.0. The molecule has 9 heteroatoms. The van der Waals surface area contributed by atoms with Gasteiger partial charge in [-0.15, -0.1) is 0 Å². The van der Waals surface area contributed by atoms with Gasteiger partial charge in [0.25, 0.3) is 0 Å². The average Bonchev–Trinajstić information content (AvgIpc) is 3.46. The summed E-state index contributed by atoms with van der Waals surface area (Å²) in [4.78, 5) is 54.5. The molecule has 1 saturated heterocycles. The molecule has 0 spiro atoms. The van der Waals surface area contributed by atoms with Gasteiger partial charge in [-0.3, -0.25) is 19.3 Å². The minimum atomic E-state index is -0.824. The van der Waals surface area contributed by atoms with Crippen molar-refractivity contribution in [1.82, 2.24) is 20.9 Å². The first-order valence-electron chi connectivity index (χ1n) is 15.0. The molecule has 0 radical (unpaired) electrons. The van der Waals surface area contributed by atoms with Gasteiger partial charge < -0.3 is 20.7 Å². The molecule has 9 nitrogen and oxygen atoms in total. The van der Waals surface area contributed by atoms with Gasteiger partial charge in [0.15, 0.2) is 5.78 Å². The van der Waals surface area contributed by atoms with E-state index in [-0.39, 0.29) is 36.7 Å². The predicted molar refractivity (Wildman–Crippen MR) is 163 cm³/mol. The summed E-state index contributed by atoms with van der Waals surface area (Å²) >= 11 is 0. The normalized spacial score (nSPS) is 17.2. The van der Waals surface area contributed by atoms with Crippen LogP contribution in [0, 0.1) is 11.8 Å². The van der Waals surface area contributed by atoms with E-state index in [0.29, 0.717) is 31.8 Å². The Hall–Kier alpha value is -3.72. The third kappa shape index (κ3) is 10.3. The lowest BCUT2D eigenvalue weighted by Gasteiger charge is -2.29. The van der Waals surface area contributed by atoms with E-state index in [1.54, 1.807) is 0 Å². The summed E-state index contributed by atoms with van der Waals surface area (Å²) in [5.41, 5.74) is 1.75. The van der Waals surface area contributed by atoms with Crippen LogP contribution in [-0.2, 0) is 32.1 Å². The second kappa shape index (κ2) is 16.7. The van der Waals surface area contributed by atoms with Gasteiger partial charge in [-0.2, -0.15) is 0 Å². The minimum absolute atomic E-state index is 0.00208. The Morgan fingerprint density at radius 1 is 0.929 bits per heavy atom. The molecule has 42 heavy (non-hydrogen) atoms. The Bertz CT molecular complexity index is 1160. The number of nitrogens with zero attached hydrogens (tertiary/aromatic N) is 1. The van der Waals surface area contributed by atoms with E-state index in [1.165, 1.54) is 0 Å². The summed E-state index contributed by atoms with van der Waals surface area (Å²) in [7, 11) is 0. The first-order chi connectivity index (χ1) is 20.2. The van der Waals surface area contributed by atoms with Crippen molar-refractivity contribution in [3.05, 3.63) is 71.8 Å². The fourth-order valence-corrected chi connectivity index (χ4v) is 4.99. The smallest absolute Gasteiger partial charge is 0.408 e. The van der Waals surface area contributed by atoms with Crippen molar-refractivity contribution in [2.24, 2.45) is 11.8 Å². The van der Waals surface area contributed by atoms with Crippen molar-refractivity contribution in [3.63, 3.8) is 0 Å². The summed E-state index contributed by atoms with van der Waals surface area (Å²) in [5, 5.41) is 8.67. The summed E-state index contributed by atoms with van der Waals surface area (Å²) < 4.78 is 5.39. The van der Waals surface area contributed by atoms with Crippen LogP contribution >= 0.6 is 0 Å². The average molecular weight is 579 g/mol. The lowest BCUT2D eigenvalue weighted by atomic mass is 9.97. The molecule has 1 aliphatic rings. The Labute approximate surface area is 249 Å². The van der Waals surface area contributed by atoms with Crippen LogP contribution < -0.4 is 16.0 Å². The van der Waals surface area contributed by atoms with Crippen molar-refractivity contribution in [2.45, 2.75) is 78.1 Å². The summed E-state index contributed by atoms with van der Waals surface area (Å²) in [6.07, 6.45) is 1.72. The number of hydrogen-bond donors (Lipinski definition) is 3. The van der Waals surface area contributed by atoms with Gasteiger partial charge in [-0.1, -0.05) is 94.8 Å². The summed E-state index contributed by atoms with van der Waals surface area (Å²) in [6, 6.07) is 16.8. The molecule has 2 aromatic carbocycles. The number of ether oxygens (including phenoxy) is 1. The number of alkyl carbamates (subject to hydrolysis) is 1. The van der Waals surface area contributed by atoms with Crippen LogP contribution in [0.15, 0.2) is 60.7 Å². The van der Waals surface area contributed by atoms with E-state index >= 15 is 0 Å². The third-order valence-electron chi connectivity index (χ3n) is 7.68. The number of benzene rings is 2. The lowest BCUT2D eigenvalue weighted by molar-refractivity contribution is -0.133. The zero-order valence-corrected chi connectivity index (χ0v) is 25.3. The molecule has 228 valence electrons. The number of likely N-dealkylation sites (tertiary alicyclic amines) is 1. The van der Waals surface area contributed by atoms with Crippen LogP contribution in [0.5, 0.6) is 0 Å². The molecular formula is C33H46N4O5. The van der Waals surface area contributed by atoms with Crippen molar-refractivity contribution < 1.29 is 23.9 Å². The number of hydrogen-bond acceptors (Lipinski definition) is 6. The Kier molecular flexibility index (Phi) is 13.0. The van der Waals surface area contributed by atoms with E-state index in [2.05, 4.69) is 16.0 Å². The zero-order valence-electron chi connectivity index (χ0n) is 25.3. The monoisotopic (exact) mass is 578 g/mol. The number of Topliss-reactive ketones (excluding diaryl/α,β-unsaturated/α-hetero) is 1. The summed E-state index contributed by atoms with van der Waals surface area (Å²) in [5.74, 6) is -0.387. The van der Waals surface area contributed by atoms with E-state index in [4.69, 9.17) is 4.74 Å². The van der Waals surface area contributed by atoms with Gasteiger partial charge in [0.2, 0.25) is 11.8 Å². The lowest BCUT2D eigenvalue weighted by Crippen LogP contribution is -2.56. The molecule has 0 bridgehead atoms. The highest BCUT2D eigenvalue weighted by atomic mass is 16.5. The van der Waals surface area contributed by atoms with Crippen LogP contribution in [-0.4, -0.2) is 66.4 Å². The van der Waals surface area contributed by atoms with E-state index in [9.17, 15) is 19.2 Å². The van der Waals surface area contributed by atoms with Crippen molar-refractivity contribution in [3.8, 4) is 0 Å². The molecule has 4 atom stereocenters. The second-order valence-electron chi connectivity index (χ2n) is 11.6. The standard InChI is InChI=1S/C33H46N4O5/c1-5-24(4)30(32(40)34-20-23(2)3)36-31(39)28-17-12-18-37(28)21-29(38)27(19-25-13-8-6-9-14-25)35-33(41)42-22-26-15-10-7-11-16-26/h6-11,13-16,23-24,27-28,30H,5,12,17-22H2,1-4H3,(H,34,40)(H,35,41)(H,36,39)/t24-,27-,28-,30-/m0/s1. The number of carbonyl (C=O) groups is 4. The largest absolute Gasteiger partial charge is 0.445 e. The van der Waals surface area contributed by atoms with Crippen LogP contribution in [0.3, 0.4) is 0 Å². The maximum absolute atomic E-state index is 13.6. The molecule has 0 aromatic heterocycles. The summed E-state index contributed by atoms with van der Waals surface area (Å²) in [6.45, 7) is 9.19. The molecule has 3 N–H and O–H groups in total. The van der Waals surface area contributed by atoms with Gasteiger partial charge in [0.05, 0.1) is 18.6 Å². The number of amides is 3. The van der Waals surface area contributed by atoms with Crippen LogP contribution in [0.4, 0.5) is 4.79 Å². The first kappa shape index (κ1) is 32.8. The Morgan fingerprint density at radius 2 is 1.57 bits per heavy atom. The highest BCUT2D eigenvalue weighted by Crippen LogP contribution is 2.19. The van der Waals surface area contributed by atoms with Gasteiger partial charge in [0, 0.05) is 6.54 Å². The zero-order chi connectivity index (χ0) is 30.5. The molecule has 1 fully saturated rings. The Balaban J connectivity index is 1.66. The van der Waals surface area contributed by atoms with Crippen LogP contribution in [0.1, 0.15) is 58.1 Å². The number of nitrogens with one attached hydrogen (secondary N) is 3. The molecule has 0 saturated carbocycles. The van der Waals surface area contributed by atoms with Crippen LogP contribution in [0.2, 0.25) is 0 Å². The van der Waals surface area contributed by atoms with Gasteiger partial charge in [-0.25, -0.2) is 4.79 Å². The molecule has 1 aliphatic heterocycles. The van der Waals surface area contributed by atoms with E-state index in [0.717, 1.165) is 24.0 Å². The molecule has 0 unspecified atom stereocenters. The topological polar surface area (TPSA) is 117 Å². The van der Waals surface area contributed by atoms with Crippen molar-refractivity contribution in [2.75, 3.05) is 19.6 Å². The van der Waals surface area contributed by atoms with Gasteiger partial charge in [-0.05, 0) is 48.8 Å². The number of ketones is 1. The molecule has 1 heterocycles. The van der Waals surface area contributed by atoms with E-state index in [1.807, 2.05) is 93.3 Å². The van der Waals surface area contributed by atoms with E-state index < -0.39 is 24.2 Å². The quantitative estimate of drug-likeness (QED) is 0.296. The Morgan fingerprint density at radius 3 is 2.19 bits per heavy atom. The van der Waals surface area contributed by atoms with Gasteiger partial charge in [0.1, 0.15) is 12.6 Å². The molecule has 3 amide bonds. The van der Waals surface area contributed by atoms with Gasteiger partial charge >= 0.3 is 6.09 Å². The maximum Gasteiger partial charge on any atom is 0.408 e. The van der Waals surface area contributed by atoms with Crippen molar-refractivity contribution in [1.29, 1.82) is 0 Å². The van der Waals surface area contributed by atoms with Crippen LogP contribution in [0.25, 0.3) is 0 Å². The van der Waals surface area contributed by atoms with Crippen molar-refractivity contribution >= 4 is 23.7 Å². The number of carbonyl (C=O) groups excluding carboxylic acids is 4. The maximum atomic E-state index is 13.6. The molecule has 2 aromatic rings. The second-order valence-corrected chi connectivity index (χ2v) is 11.6. The fraction of sp³-hybridized carbons (Fsp3) is 0.515.